The zero-order chi connectivity index (χ0) is 25.2. The van der Waals surface area contributed by atoms with Crippen LogP contribution in [0.4, 0.5) is 5.69 Å². The van der Waals surface area contributed by atoms with Crippen molar-refractivity contribution >= 4 is 31.6 Å². The molecule has 0 unspecified atom stereocenters. The summed E-state index contributed by atoms with van der Waals surface area (Å²) in [6.07, 6.45) is 0. The van der Waals surface area contributed by atoms with Crippen molar-refractivity contribution in [1.29, 1.82) is 0 Å². The van der Waals surface area contributed by atoms with Crippen LogP contribution in [0.15, 0.2) is 88.7 Å². The minimum Gasteiger partial charge on any atom is -0.325 e. The van der Waals surface area contributed by atoms with Gasteiger partial charge < -0.3 is 5.32 Å². The molecule has 184 valence electrons. The van der Waals surface area contributed by atoms with E-state index < -0.39 is 32.0 Å². The van der Waals surface area contributed by atoms with Gasteiger partial charge in [0.05, 0.1) is 9.79 Å². The number of anilines is 1. The Hall–Kier alpha value is -3.05. The molecule has 1 heterocycles. The molecule has 1 fully saturated rings. The summed E-state index contributed by atoms with van der Waals surface area (Å²) in [7, 11) is -7.98. The number of nitrogens with zero attached hydrogens (tertiary/aromatic N) is 2. The van der Waals surface area contributed by atoms with Crippen LogP contribution >= 0.6 is 0 Å². The van der Waals surface area contributed by atoms with Crippen LogP contribution in [0.3, 0.4) is 0 Å². The minimum atomic E-state index is -4.05. The molecule has 3 aromatic rings. The summed E-state index contributed by atoms with van der Waals surface area (Å²) in [5.74, 6) is -0.601. The van der Waals surface area contributed by atoms with Crippen LogP contribution in [0.5, 0.6) is 0 Å². The van der Waals surface area contributed by atoms with Crippen molar-refractivity contribution in [2.45, 2.75) is 29.7 Å². The molecule has 0 aliphatic carbocycles. The fourth-order valence-corrected chi connectivity index (χ4v) is 6.92. The van der Waals surface area contributed by atoms with Crippen molar-refractivity contribution in [1.82, 2.24) is 8.61 Å². The maximum Gasteiger partial charge on any atom is 0.244 e. The van der Waals surface area contributed by atoms with E-state index in [1.807, 2.05) is 13.8 Å². The molecular formula is C25H27N3O5S2. The number of benzene rings is 3. The van der Waals surface area contributed by atoms with Gasteiger partial charge in [0.2, 0.25) is 26.0 Å². The Morgan fingerprint density at radius 2 is 1.26 bits per heavy atom. The van der Waals surface area contributed by atoms with Crippen molar-refractivity contribution in [3.63, 3.8) is 0 Å². The fourth-order valence-electron chi connectivity index (χ4n) is 3.91. The van der Waals surface area contributed by atoms with Gasteiger partial charge in [-0.2, -0.15) is 8.61 Å². The first-order chi connectivity index (χ1) is 16.6. The number of carbonyl (C=O) groups excluding carboxylic acids is 1. The molecule has 1 aliphatic rings. The lowest BCUT2D eigenvalue weighted by Crippen LogP contribution is -2.60. The second kappa shape index (κ2) is 9.90. The summed E-state index contributed by atoms with van der Waals surface area (Å²) in [6.45, 7) is 3.17. The maximum atomic E-state index is 13.5. The van der Waals surface area contributed by atoms with E-state index in [2.05, 4.69) is 5.32 Å². The molecule has 1 saturated heterocycles. The Bertz CT molecular complexity index is 1410. The highest BCUT2D eigenvalue weighted by Gasteiger charge is 2.43. The highest BCUT2D eigenvalue weighted by molar-refractivity contribution is 7.89. The van der Waals surface area contributed by atoms with Crippen molar-refractivity contribution in [3.8, 4) is 0 Å². The van der Waals surface area contributed by atoms with Crippen LogP contribution in [-0.2, 0) is 24.8 Å². The number of para-hydroxylation sites is 1. The topological polar surface area (TPSA) is 104 Å². The predicted molar refractivity (Wildman–Crippen MR) is 134 cm³/mol. The van der Waals surface area contributed by atoms with Crippen LogP contribution in [0, 0.1) is 13.8 Å². The number of piperazine rings is 1. The van der Waals surface area contributed by atoms with Crippen LogP contribution in [-0.4, -0.2) is 57.0 Å². The molecule has 3 aromatic carbocycles. The SMILES string of the molecule is Cc1ccc(S(=O)(=O)N2CCN(S(=O)(=O)c3ccc(C)cc3)[C@@H](C(=O)Nc3ccccc3)C2)cc1. The summed E-state index contributed by atoms with van der Waals surface area (Å²) >= 11 is 0. The zero-order valence-corrected chi connectivity index (χ0v) is 21.1. The first-order valence-electron chi connectivity index (χ1n) is 11.1. The molecule has 35 heavy (non-hydrogen) atoms. The van der Waals surface area contributed by atoms with E-state index in [9.17, 15) is 21.6 Å². The van der Waals surface area contributed by atoms with Gasteiger partial charge >= 0.3 is 0 Å². The van der Waals surface area contributed by atoms with E-state index in [4.69, 9.17) is 0 Å². The van der Waals surface area contributed by atoms with Crippen LogP contribution in [0.1, 0.15) is 11.1 Å². The average molecular weight is 514 g/mol. The van der Waals surface area contributed by atoms with Crippen LogP contribution < -0.4 is 5.32 Å². The summed E-state index contributed by atoms with van der Waals surface area (Å²) in [5, 5.41) is 2.73. The van der Waals surface area contributed by atoms with Crippen molar-refractivity contribution in [2.24, 2.45) is 0 Å². The smallest absolute Gasteiger partial charge is 0.244 e. The Balaban J connectivity index is 1.68. The van der Waals surface area contributed by atoms with Gasteiger partial charge in [-0.1, -0.05) is 53.6 Å². The summed E-state index contributed by atoms with van der Waals surface area (Å²) < 4.78 is 55.9. The Morgan fingerprint density at radius 3 is 1.80 bits per heavy atom. The number of sulfonamides is 2. The van der Waals surface area contributed by atoms with E-state index in [1.165, 1.54) is 28.6 Å². The molecule has 0 bridgehead atoms. The highest BCUT2D eigenvalue weighted by atomic mass is 32.2. The number of hydrogen-bond acceptors (Lipinski definition) is 5. The molecule has 10 heteroatoms. The molecule has 1 N–H and O–H groups in total. The van der Waals surface area contributed by atoms with Crippen molar-refractivity contribution < 1.29 is 21.6 Å². The Morgan fingerprint density at radius 1 is 0.743 bits per heavy atom. The van der Waals surface area contributed by atoms with E-state index in [-0.39, 0.29) is 29.4 Å². The number of rotatable bonds is 6. The third-order valence-electron chi connectivity index (χ3n) is 5.92. The van der Waals surface area contributed by atoms with Crippen LogP contribution in [0.25, 0.3) is 0 Å². The van der Waals surface area contributed by atoms with Crippen molar-refractivity contribution in [2.75, 3.05) is 25.0 Å². The average Bonchev–Trinajstić information content (AvgIpc) is 2.85. The number of amides is 1. The number of nitrogens with one attached hydrogen (secondary N) is 1. The predicted octanol–water partition coefficient (Wildman–Crippen LogP) is 3.01. The molecule has 0 saturated carbocycles. The highest BCUT2D eigenvalue weighted by Crippen LogP contribution is 2.26. The number of hydrogen-bond donors (Lipinski definition) is 1. The molecular weight excluding hydrogens is 486 g/mol. The van der Waals surface area contributed by atoms with Gasteiger partial charge in [-0.15, -0.1) is 0 Å². The zero-order valence-electron chi connectivity index (χ0n) is 19.5. The van der Waals surface area contributed by atoms with Gasteiger partial charge in [0.25, 0.3) is 0 Å². The van der Waals surface area contributed by atoms with E-state index >= 15 is 0 Å². The summed E-state index contributed by atoms with van der Waals surface area (Å²) in [4.78, 5) is 13.5. The number of aryl methyl sites for hydroxylation is 2. The molecule has 1 amide bonds. The molecule has 4 rings (SSSR count). The first kappa shape index (κ1) is 25.1. The van der Waals surface area contributed by atoms with Crippen molar-refractivity contribution in [3.05, 3.63) is 90.0 Å². The second-order valence-electron chi connectivity index (χ2n) is 8.48. The largest absolute Gasteiger partial charge is 0.325 e. The van der Waals surface area contributed by atoms with E-state index in [0.29, 0.717) is 5.69 Å². The van der Waals surface area contributed by atoms with Gasteiger partial charge in [-0.25, -0.2) is 16.8 Å². The lowest BCUT2D eigenvalue weighted by Gasteiger charge is -2.39. The third kappa shape index (κ3) is 5.30. The Labute approximate surface area is 206 Å². The molecule has 8 nitrogen and oxygen atoms in total. The maximum absolute atomic E-state index is 13.5. The first-order valence-corrected chi connectivity index (χ1v) is 14.0. The fraction of sp³-hybridized carbons (Fsp3) is 0.240. The standard InChI is InChI=1S/C25H27N3O5S2/c1-19-8-12-22(13-9-19)34(30,31)27-16-17-28(35(32,33)23-14-10-20(2)11-15-23)24(18-27)25(29)26-21-6-4-3-5-7-21/h3-15,24H,16-18H2,1-2H3,(H,26,29)/t24-/m1/s1. The normalized spacial score (nSPS) is 17.7. The summed E-state index contributed by atoms with van der Waals surface area (Å²) in [6, 6.07) is 20.2. The lowest BCUT2D eigenvalue weighted by molar-refractivity contribution is -0.120. The number of carbonyl (C=O) groups is 1. The van der Waals surface area contributed by atoms with Gasteiger partial charge in [-0.3, -0.25) is 4.79 Å². The van der Waals surface area contributed by atoms with Gasteiger partial charge in [0.1, 0.15) is 6.04 Å². The van der Waals surface area contributed by atoms with E-state index in [0.717, 1.165) is 15.4 Å². The van der Waals surface area contributed by atoms with Gasteiger partial charge in [-0.05, 0) is 50.2 Å². The van der Waals surface area contributed by atoms with Gasteiger partial charge in [0.15, 0.2) is 0 Å². The Kier molecular flexibility index (Phi) is 7.09. The molecule has 0 spiro atoms. The van der Waals surface area contributed by atoms with Crippen LogP contribution in [0.2, 0.25) is 0 Å². The molecule has 1 aliphatic heterocycles. The van der Waals surface area contributed by atoms with E-state index in [1.54, 1.807) is 54.6 Å². The summed E-state index contributed by atoms with van der Waals surface area (Å²) in [5.41, 5.74) is 2.30. The molecule has 1 atom stereocenters. The minimum absolute atomic E-state index is 0.0513. The monoisotopic (exact) mass is 513 g/mol. The lowest BCUT2D eigenvalue weighted by atomic mass is 10.2. The molecule has 0 radical (unpaired) electrons. The second-order valence-corrected chi connectivity index (χ2v) is 12.3. The quantitative estimate of drug-likeness (QED) is 0.546. The third-order valence-corrected chi connectivity index (χ3v) is 9.73. The molecule has 0 aromatic heterocycles. The van der Waals surface area contributed by atoms with Gasteiger partial charge in [0, 0.05) is 25.3 Å².